The fraction of sp³-hybridized carbons (Fsp3) is 0.250. The van der Waals surface area contributed by atoms with Crippen LogP contribution in [0.1, 0.15) is 17.1 Å². The summed E-state index contributed by atoms with van der Waals surface area (Å²) in [6.07, 6.45) is 0.501. The minimum atomic E-state index is 0.281. The summed E-state index contributed by atoms with van der Waals surface area (Å²) in [5.74, 6) is 0.616. The summed E-state index contributed by atoms with van der Waals surface area (Å²) >= 11 is 2.10. The van der Waals surface area contributed by atoms with Crippen LogP contribution in [0.4, 0.5) is 0 Å². The minimum Gasteiger partial charge on any atom is -0.360 e. The first kappa shape index (κ1) is 10.1. The molecule has 0 amide bonds. The average Bonchev–Trinajstić information content (AvgIpc) is 2.75. The summed E-state index contributed by atoms with van der Waals surface area (Å²) in [4.78, 5) is 1.50. The predicted molar refractivity (Wildman–Crippen MR) is 57.7 cm³/mol. The Hall–Kier alpha value is -1.43. The van der Waals surface area contributed by atoms with E-state index in [0.29, 0.717) is 12.2 Å². The highest BCUT2D eigenvalue weighted by Crippen LogP contribution is 2.12. The van der Waals surface area contributed by atoms with Gasteiger partial charge in [0.15, 0.2) is 5.69 Å². The van der Waals surface area contributed by atoms with Crippen molar-refractivity contribution < 1.29 is 4.52 Å². The second kappa shape index (κ2) is 3.98. The molecule has 0 bridgehead atoms. The van der Waals surface area contributed by atoms with Gasteiger partial charge in [-0.05, 0) is 22.6 Å². The maximum Gasteiger partial charge on any atom is 0.183 e. The molecule has 0 atom stereocenters. The van der Waals surface area contributed by atoms with E-state index in [2.05, 4.69) is 37.9 Å². The van der Waals surface area contributed by atoms with Gasteiger partial charge < -0.3 is 4.52 Å². The molecule has 0 fully saturated rings. The highest BCUT2D eigenvalue weighted by molar-refractivity contribution is 14.1. The van der Waals surface area contributed by atoms with Crippen LogP contribution in [0.3, 0.4) is 0 Å². The van der Waals surface area contributed by atoms with E-state index in [4.69, 9.17) is 9.78 Å². The molecule has 0 aromatic carbocycles. The number of aryl methyl sites for hydroxylation is 1. The van der Waals surface area contributed by atoms with Gasteiger partial charge in [0.1, 0.15) is 21.2 Å². The molecule has 7 heteroatoms. The number of nitriles is 1. The third-order valence-electron chi connectivity index (χ3n) is 1.75. The van der Waals surface area contributed by atoms with Crippen LogP contribution in [0.15, 0.2) is 10.6 Å². The highest BCUT2D eigenvalue weighted by atomic mass is 127. The van der Waals surface area contributed by atoms with Crippen LogP contribution in [0.25, 0.3) is 0 Å². The highest BCUT2D eigenvalue weighted by Gasteiger charge is 2.11. The Kier molecular flexibility index (Phi) is 2.68. The van der Waals surface area contributed by atoms with Gasteiger partial charge in [-0.1, -0.05) is 5.16 Å². The fourth-order valence-electron chi connectivity index (χ4n) is 1.15. The fourth-order valence-corrected chi connectivity index (χ4v) is 1.76. The van der Waals surface area contributed by atoms with Gasteiger partial charge in [0.25, 0.3) is 0 Å². The summed E-state index contributed by atoms with van der Waals surface area (Å²) in [5.41, 5.74) is 1.10. The van der Waals surface area contributed by atoms with E-state index in [9.17, 15) is 0 Å². The Morgan fingerprint density at radius 1 is 1.60 bits per heavy atom. The zero-order valence-electron chi connectivity index (χ0n) is 7.81. The SMILES string of the molecule is Cn1nc(I)c(Cc2cc(C#N)no2)n1. The molecule has 0 spiro atoms. The molecule has 0 aliphatic rings. The first-order valence-electron chi connectivity index (χ1n) is 4.10. The largest absolute Gasteiger partial charge is 0.360 e. The van der Waals surface area contributed by atoms with Crippen molar-refractivity contribution >= 4 is 22.6 Å². The smallest absolute Gasteiger partial charge is 0.183 e. The molecule has 2 heterocycles. The normalized spacial score (nSPS) is 10.2. The predicted octanol–water partition coefficient (Wildman–Crippen LogP) is 0.870. The Bertz CT molecular complexity index is 523. The van der Waals surface area contributed by atoms with Gasteiger partial charge in [-0.25, -0.2) is 0 Å². The molecule has 15 heavy (non-hydrogen) atoms. The lowest BCUT2D eigenvalue weighted by atomic mass is 10.2. The number of hydrogen-bond acceptors (Lipinski definition) is 5. The number of halogens is 1. The number of nitrogens with zero attached hydrogens (tertiary/aromatic N) is 5. The maximum atomic E-state index is 8.57. The molecule has 0 aliphatic heterocycles. The van der Waals surface area contributed by atoms with Gasteiger partial charge in [-0.15, -0.1) is 5.10 Å². The second-order valence-electron chi connectivity index (χ2n) is 2.89. The van der Waals surface area contributed by atoms with E-state index in [0.717, 1.165) is 9.39 Å². The third kappa shape index (κ3) is 2.15. The summed E-state index contributed by atoms with van der Waals surface area (Å²) in [6.45, 7) is 0. The molecular weight excluding hydrogens is 309 g/mol. The van der Waals surface area contributed by atoms with Gasteiger partial charge in [0.05, 0.1) is 6.42 Å². The van der Waals surface area contributed by atoms with E-state index in [1.165, 1.54) is 4.80 Å². The van der Waals surface area contributed by atoms with Crippen LogP contribution < -0.4 is 0 Å². The summed E-state index contributed by atoms with van der Waals surface area (Å²) in [6, 6.07) is 3.51. The Balaban J connectivity index is 2.22. The first-order valence-corrected chi connectivity index (χ1v) is 5.18. The average molecular weight is 315 g/mol. The molecule has 0 saturated heterocycles. The van der Waals surface area contributed by atoms with E-state index >= 15 is 0 Å². The van der Waals surface area contributed by atoms with E-state index in [1.807, 2.05) is 6.07 Å². The monoisotopic (exact) mass is 315 g/mol. The van der Waals surface area contributed by atoms with Crippen LogP contribution >= 0.6 is 22.6 Å². The molecule has 2 aromatic heterocycles. The molecule has 0 radical (unpaired) electrons. The van der Waals surface area contributed by atoms with E-state index < -0.39 is 0 Å². The van der Waals surface area contributed by atoms with Crippen molar-refractivity contribution in [1.82, 2.24) is 20.2 Å². The quantitative estimate of drug-likeness (QED) is 0.768. The number of aromatic nitrogens is 4. The standard InChI is InChI=1S/C8H6IN5O/c1-14-11-7(8(9)12-14)3-6-2-5(4-10)13-15-6/h2H,3H2,1H3. The van der Waals surface area contributed by atoms with Crippen LogP contribution in [0.5, 0.6) is 0 Å². The molecule has 76 valence electrons. The summed E-state index contributed by atoms with van der Waals surface area (Å²) in [5, 5.41) is 20.4. The Morgan fingerprint density at radius 3 is 2.93 bits per heavy atom. The molecule has 6 nitrogen and oxygen atoms in total. The molecule has 2 rings (SSSR count). The lowest BCUT2D eigenvalue weighted by molar-refractivity contribution is 0.386. The summed E-state index contributed by atoms with van der Waals surface area (Å²) < 4.78 is 5.79. The number of hydrogen-bond donors (Lipinski definition) is 0. The minimum absolute atomic E-state index is 0.281. The van der Waals surface area contributed by atoms with Crippen molar-refractivity contribution in [3.05, 3.63) is 26.9 Å². The molecule has 0 aliphatic carbocycles. The summed E-state index contributed by atoms with van der Waals surface area (Å²) in [7, 11) is 1.76. The molecule has 0 unspecified atom stereocenters. The van der Waals surface area contributed by atoms with Crippen molar-refractivity contribution in [3.63, 3.8) is 0 Å². The van der Waals surface area contributed by atoms with Gasteiger partial charge in [-0.2, -0.15) is 15.2 Å². The Morgan fingerprint density at radius 2 is 2.40 bits per heavy atom. The van der Waals surface area contributed by atoms with Crippen molar-refractivity contribution in [2.45, 2.75) is 6.42 Å². The molecular formula is C8H6IN5O. The molecule has 0 saturated carbocycles. The molecule has 0 N–H and O–H groups in total. The van der Waals surface area contributed by atoms with Gasteiger partial charge in [0, 0.05) is 13.1 Å². The maximum absolute atomic E-state index is 8.57. The van der Waals surface area contributed by atoms with Crippen molar-refractivity contribution in [2.75, 3.05) is 0 Å². The van der Waals surface area contributed by atoms with E-state index in [-0.39, 0.29) is 5.69 Å². The molecule has 2 aromatic rings. The first-order chi connectivity index (χ1) is 7.19. The van der Waals surface area contributed by atoms with Crippen LogP contribution in [-0.4, -0.2) is 20.2 Å². The lowest BCUT2D eigenvalue weighted by Gasteiger charge is -1.89. The van der Waals surface area contributed by atoms with Gasteiger partial charge in [-0.3, -0.25) is 0 Å². The van der Waals surface area contributed by atoms with Gasteiger partial charge >= 0.3 is 0 Å². The van der Waals surface area contributed by atoms with Crippen molar-refractivity contribution in [2.24, 2.45) is 7.05 Å². The Labute approximate surface area is 99.0 Å². The van der Waals surface area contributed by atoms with Gasteiger partial charge in [0.2, 0.25) is 0 Å². The van der Waals surface area contributed by atoms with Crippen LogP contribution in [0, 0.1) is 15.0 Å². The topological polar surface area (TPSA) is 80.5 Å². The second-order valence-corrected chi connectivity index (χ2v) is 3.92. The lowest BCUT2D eigenvalue weighted by Crippen LogP contribution is -1.93. The number of rotatable bonds is 2. The zero-order chi connectivity index (χ0) is 10.8. The third-order valence-corrected chi connectivity index (χ3v) is 2.59. The van der Waals surface area contributed by atoms with Crippen LogP contribution in [0.2, 0.25) is 0 Å². The zero-order valence-corrected chi connectivity index (χ0v) is 9.96. The van der Waals surface area contributed by atoms with E-state index in [1.54, 1.807) is 13.1 Å². The van der Waals surface area contributed by atoms with Crippen molar-refractivity contribution in [3.8, 4) is 6.07 Å². The van der Waals surface area contributed by atoms with Crippen LogP contribution in [-0.2, 0) is 13.5 Å². The van der Waals surface area contributed by atoms with Crippen molar-refractivity contribution in [1.29, 1.82) is 5.26 Å².